The van der Waals surface area contributed by atoms with Crippen molar-refractivity contribution in [2.75, 3.05) is 12.8 Å². The maximum Gasteiger partial charge on any atom is 0.120 e. The Balaban J connectivity index is 2.01. The van der Waals surface area contributed by atoms with Crippen LogP contribution in [0.4, 0.5) is 5.69 Å². The summed E-state index contributed by atoms with van der Waals surface area (Å²) in [7, 11) is 2.14. The Bertz CT molecular complexity index is 405. The zero-order valence-electron chi connectivity index (χ0n) is 11.4. The van der Waals surface area contributed by atoms with Crippen molar-refractivity contribution < 1.29 is 5.11 Å². The summed E-state index contributed by atoms with van der Waals surface area (Å²) in [6.45, 7) is 3.10. The highest BCUT2D eigenvalue weighted by molar-refractivity contribution is 5.47. The third-order valence-corrected chi connectivity index (χ3v) is 4.06. The number of anilines is 1. The molecule has 1 aromatic carbocycles. The maximum atomic E-state index is 9.85. The quantitative estimate of drug-likeness (QED) is 0.638. The van der Waals surface area contributed by atoms with Crippen LogP contribution in [0.2, 0.25) is 0 Å². The van der Waals surface area contributed by atoms with Gasteiger partial charge in [0.15, 0.2) is 0 Å². The number of benzene rings is 1. The van der Waals surface area contributed by atoms with Gasteiger partial charge >= 0.3 is 0 Å². The molecule has 0 amide bonds. The molecule has 0 heterocycles. The highest BCUT2D eigenvalue weighted by Crippen LogP contribution is 2.29. The van der Waals surface area contributed by atoms with Crippen LogP contribution in [0.5, 0.6) is 5.75 Å². The number of rotatable bonds is 3. The summed E-state index contributed by atoms with van der Waals surface area (Å²) in [6.07, 6.45) is 5.20. The van der Waals surface area contributed by atoms with E-state index in [1.54, 1.807) is 12.1 Å². The number of hydrogen-bond acceptors (Lipinski definition) is 3. The number of nitrogens with two attached hydrogens (primary N) is 1. The second-order valence-electron chi connectivity index (χ2n) is 5.73. The van der Waals surface area contributed by atoms with Crippen molar-refractivity contribution in [3.05, 3.63) is 23.8 Å². The maximum absolute atomic E-state index is 9.85. The number of aromatic hydroxyl groups is 1. The lowest BCUT2D eigenvalue weighted by Crippen LogP contribution is -2.35. The highest BCUT2D eigenvalue weighted by Gasteiger charge is 2.22. The van der Waals surface area contributed by atoms with Gasteiger partial charge in [0.1, 0.15) is 5.75 Å². The number of nitrogens with zero attached hydrogens (tertiary/aromatic N) is 1. The fourth-order valence-electron chi connectivity index (χ4n) is 2.93. The minimum Gasteiger partial charge on any atom is -0.508 e. The first-order valence-electron chi connectivity index (χ1n) is 6.84. The van der Waals surface area contributed by atoms with Gasteiger partial charge in [0.25, 0.3) is 0 Å². The van der Waals surface area contributed by atoms with E-state index in [1.165, 1.54) is 25.7 Å². The fraction of sp³-hybridized carbons (Fsp3) is 0.600. The lowest BCUT2D eigenvalue weighted by Gasteiger charge is -2.34. The Morgan fingerprint density at radius 3 is 2.89 bits per heavy atom. The predicted molar refractivity (Wildman–Crippen MR) is 75.4 cm³/mol. The van der Waals surface area contributed by atoms with Crippen LogP contribution in [-0.4, -0.2) is 23.1 Å². The molecule has 3 nitrogen and oxygen atoms in total. The number of nitrogen functional groups attached to an aromatic ring is 1. The predicted octanol–water partition coefficient (Wildman–Crippen LogP) is 2.98. The van der Waals surface area contributed by atoms with Crippen molar-refractivity contribution in [2.24, 2.45) is 5.92 Å². The number of phenolic OH excluding ortho intramolecular Hbond substituents is 1. The highest BCUT2D eigenvalue weighted by atomic mass is 16.3. The Morgan fingerprint density at radius 2 is 2.17 bits per heavy atom. The average Bonchev–Trinajstić information content (AvgIpc) is 2.34. The summed E-state index contributed by atoms with van der Waals surface area (Å²) in [6, 6.07) is 5.93. The zero-order valence-corrected chi connectivity index (χ0v) is 11.4. The second-order valence-corrected chi connectivity index (χ2v) is 5.73. The van der Waals surface area contributed by atoms with Crippen LogP contribution < -0.4 is 5.73 Å². The Kier molecular flexibility index (Phi) is 4.12. The largest absolute Gasteiger partial charge is 0.508 e. The van der Waals surface area contributed by atoms with E-state index < -0.39 is 0 Å². The molecular formula is C15H24N2O. The van der Waals surface area contributed by atoms with Gasteiger partial charge < -0.3 is 10.8 Å². The van der Waals surface area contributed by atoms with Crippen molar-refractivity contribution in [2.45, 2.75) is 45.2 Å². The molecule has 0 spiro atoms. The summed E-state index contributed by atoms with van der Waals surface area (Å²) < 4.78 is 0. The molecule has 2 unspecified atom stereocenters. The fourth-order valence-corrected chi connectivity index (χ4v) is 2.93. The van der Waals surface area contributed by atoms with Gasteiger partial charge in [-0.3, -0.25) is 4.90 Å². The van der Waals surface area contributed by atoms with Crippen molar-refractivity contribution >= 4 is 5.69 Å². The van der Waals surface area contributed by atoms with Crippen LogP contribution in [0.25, 0.3) is 0 Å². The molecule has 0 aliphatic heterocycles. The van der Waals surface area contributed by atoms with E-state index in [1.807, 2.05) is 6.07 Å². The van der Waals surface area contributed by atoms with E-state index >= 15 is 0 Å². The van der Waals surface area contributed by atoms with Crippen LogP contribution in [-0.2, 0) is 6.54 Å². The summed E-state index contributed by atoms with van der Waals surface area (Å²) in [4.78, 5) is 2.35. The van der Waals surface area contributed by atoms with E-state index in [9.17, 15) is 5.11 Å². The molecule has 1 aliphatic rings. The Labute approximate surface area is 110 Å². The van der Waals surface area contributed by atoms with Crippen LogP contribution >= 0.6 is 0 Å². The Hall–Kier alpha value is -1.22. The van der Waals surface area contributed by atoms with Gasteiger partial charge in [-0.1, -0.05) is 19.8 Å². The van der Waals surface area contributed by atoms with Crippen LogP contribution in [0.15, 0.2) is 18.2 Å². The third kappa shape index (κ3) is 3.16. The smallest absolute Gasteiger partial charge is 0.120 e. The first kappa shape index (κ1) is 13.2. The van der Waals surface area contributed by atoms with Crippen LogP contribution in [0, 0.1) is 5.92 Å². The van der Waals surface area contributed by atoms with Crippen molar-refractivity contribution in [3.63, 3.8) is 0 Å². The number of phenols is 1. The molecule has 1 saturated carbocycles. The van der Waals surface area contributed by atoms with E-state index in [4.69, 9.17) is 5.73 Å². The molecule has 18 heavy (non-hydrogen) atoms. The van der Waals surface area contributed by atoms with Gasteiger partial charge in [0.05, 0.1) is 0 Å². The van der Waals surface area contributed by atoms with Gasteiger partial charge in [-0.05, 0) is 44.0 Å². The molecule has 0 aromatic heterocycles. The SMILES string of the molecule is CC1CCCC(N(C)Cc2cc(N)ccc2O)C1. The zero-order chi connectivity index (χ0) is 13.1. The molecule has 0 saturated heterocycles. The van der Waals surface area contributed by atoms with Gasteiger partial charge in [0, 0.05) is 23.8 Å². The van der Waals surface area contributed by atoms with Gasteiger partial charge in [-0.2, -0.15) is 0 Å². The topological polar surface area (TPSA) is 49.5 Å². The minimum absolute atomic E-state index is 0.347. The van der Waals surface area contributed by atoms with Gasteiger partial charge in [-0.25, -0.2) is 0 Å². The molecule has 100 valence electrons. The molecule has 0 bridgehead atoms. The minimum atomic E-state index is 0.347. The van der Waals surface area contributed by atoms with E-state index in [-0.39, 0.29) is 0 Å². The molecule has 2 atom stereocenters. The standard InChI is InChI=1S/C15H24N2O/c1-11-4-3-5-14(8-11)17(2)10-12-9-13(16)6-7-15(12)18/h6-7,9,11,14,18H,3-5,8,10,16H2,1-2H3. The first-order chi connectivity index (χ1) is 8.56. The lowest BCUT2D eigenvalue weighted by atomic mass is 9.86. The normalized spacial score (nSPS) is 24.4. The molecule has 3 N–H and O–H groups in total. The van der Waals surface area contributed by atoms with Gasteiger partial charge in [-0.15, -0.1) is 0 Å². The molecular weight excluding hydrogens is 224 g/mol. The van der Waals surface area contributed by atoms with Crippen LogP contribution in [0.1, 0.15) is 38.2 Å². The average molecular weight is 248 g/mol. The molecule has 1 aliphatic carbocycles. The third-order valence-electron chi connectivity index (χ3n) is 4.06. The molecule has 1 aromatic rings. The summed E-state index contributed by atoms with van der Waals surface area (Å²) in [5, 5.41) is 9.85. The summed E-state index contributed by atoms with van der Waals surface area (Å²) in [5.74, 6) is 1.17. The van der Waals surface area contributed by atoms with Crippen molar-refractivity contribution in [3.8, 4) is 5.75 Å². The van der Waals surface area contributed by atoms with E-state index in [0.717, 1.165) is 18.0 Å². The first-order valence-corrected chi connectivity index (χ1v) is 6.84. The monoisotopic (exact) mass is 248 g/mol. The lowest BCUT2D eigenvalue weighted by molar-refractivity contribution is 0.156. The molecule has 3 heteroatoms. The van der Waals surface area contributed by atoms with Crippen LogP contribution in [0.3, 0.4) is 0 Å². The molecule has 2 rings (SSSR count). The summed E-state index contributed by atoms with van der Waals surface area (Å²) >= 11 is 0. The van der Waals surface area contributed by atoms with E-state index in [0.29, 0.717) is 17.5 Å². The van der Waals surface area contributed by atoms with Crippen molar-refractivity contribution in [1.82, 2.24) is 4.90 Å². The molecule has 1 fully saturated rings. The van der Waals surface area contributed by atoms with Gasteiger partial charge in [0.2, 0.25) is 0 Å². The number of hydrogen-bond donors (Lipinski definition) is 2. The van der Waals surface area contributed by atoms with E-state index in [2.05, 4.69) is 18.9 Å². The summed E-state index contributed by atoms with van der Waals surface area (Å²) in [5.41, 5.74) is 7.42. The molecule has 0 radical (unpaired) electrons. The van der Waals surface area contributed by atoms with Crippen molar-refractivity contribution in [1.29, 1.82) is 0 Å². The second kappa shape index (κ2) is 5.61. The Morgan fingerprint density at radius 1 is 1.39 bits per heavy atom.